The molecule has 0 atom stereocenters. The highest BCUT2D eigenvalue weighted by Crippen LogP contribution is 2.28. The van der Waals surface area contributed by atoms with Gasteiger partial charge in [0.05, 0.1) is 18.5 Å². The van der Waals surface area contributed by atoms with Crippen molar-refractivity contribution in [1.82, 2.24) is 9.38 Å². The molecule has 0 spiro atoms. The van der Waals surface area contributed by atoms with Gasteiger partial charge in [-0.25, -0.2) is 4.98 Å². The fourth-order valence-electron chi connectivity index (χ4n) is 2.98. The minimum Gasteiger partial charge on any atom is -0.497 e. The molecule has 0 saturated heterocycles. The number of benzene rings is 2. The summed E-state index contributed by atoms with van der Waals surface area (Å²) in [5.41, 5.74) is 5.56. The third kappa shape index (κ3) is 2.65. The van der Waals surface area contributed by atoms with Gasteiger partial charge in [-0.3, -0.25) is 0 Å². The Kier molecular flexibility index (Phi) is 3.75. The second-order valence-electron chi connectivity index (χ2n) is 5.73. The molecule has 4 aromatic rings. The van der Waals surface area contributed by atoms with Crippen molar-refractivity contribution < 1.29 is 4.74 Å². The van der Waals surface area contributed by atoms with E-state index in [0.717, 1.165) is 29.1 Å². The van der Waals surface area contributed by atoms with E-state index in [1.807, 2.05) is 36.4 Å². The summed E-state index contributed by atoms with van der Waals surface area (Å²) in [5.74, 6) is 0.854. The normalized spacial score (nSPS) is 10.9. The zero-order chi connectivity index (χ0) is 16.4. The Morgan fingerprint density at radius 2 is 1.62 bits per heavy atom. The molecule has 4 rings (SSSR count). The van der Waals surface area contributed by atoms with Crippen LogP contribution in [0.3, 0.4) is 0 Å². The summed E-state index contributed by atoms with van der Waals surface area (Å²) in [5, 5.41) is 0. The van der Waals surface area contributed by atoms with E-state index in [1.165, 1.54) is 11.3 Å². The van der Waals surface area contributed by atoms with Crippen molar-refractivity contribution >= 4 is 5.65 Å². The molecule has 118 valence electrons. The Bertz CT molecular complexity index is 956. The summed E-state index contributed by atoms with van der Waals surface area (Å²) in [6.45, 7) is 0. The first-order chi connectivity index (χ1) is 11.8. The molecule has 2 aromatic heterocycles. The summed E-state index contributed by atoms with van der Waals surface area (Å²) >= 11 is 0. The predicted octanol–water partition coefficient (Wildman–Crippen LogP) is 4.60. The van der Waals surface area contributed by atoms with Crippen LogP contribution < -0.4 is 4.74 Å². The summed E-state index contributed by atoms with van der Waals surface area (Å²) in [4.78, 5) is 4.86. The van der Waals surface area contributed by atoms with E-state index in [0.29, 0.717) is 0 Å². The first-order valence-electron chi connectivity index (χ1n) is 7.99. The number of ether oxygens (including phenoxy) is 1. The number of rotatable bonds is 4. The summed E-state index contributed by atoms with van der Waals surface area (Å²) in [6, 6.07) is 24.7. The van der Waals surface area contributed by atoms with E-state index in [9.17, 15) is 0 Å². The minimum atomic E-state index is 0.841. The van der Waals surface area contributed by atoms with Gasteiger partial charge in [0, 0.05) is 18.2 Å². The largest absolute Gasteiger partial charge is 0.497 e. The predicted molar refractivity (Wildman–Crippen MR) is 96.4 cm³/mol. The number of nitrogens with zero attached hydrogens (tertiary/aromatic N) is 2. The van der Waals surface area contributed by atoms with Crippen molar-refractivity contribution in [2.45, 2.75) is 6.42 Å². The molecule has 0 aliphatic rings. The second kappa shape index (κ2) is 6.20. The third-order valence-electron chi connectivity index (χ3n) is 4.21. The van der Waals surface area contributed by atoms with Crippen LogP contribution in [0.4, 0.5) is 0 Å². The zero-order valence-corrected chi connectivity index (χ0v) is 13.5. The van der Waals surface area contributed by atoms with Gasteiger partial charge < -0.3 is 9.14 Å². The van der Waals surface area contributed by atoms with Gasteiger partial charge in [0.1, 0.15) is 11.4 Å². The molecule has 0 unspecified atom stereocenters. The Hall–Kier alpha value is -3.07. The first-order valence-corrected chi connectivity index (χ1v) is 7.99. The lowest BCUT2D eigenvalue weighted by Crippen LogP contribution is -1.96. The second-order valence-corrected chi connectivity index (χ2v) is 5.73. The van der Waals surface area contributed by atoms with Crippen LogP contribution >= 0.6 is 0 Å². The van der Waals surface area contributed by atoms with Crippen molar-refractivity contribution in [3.63, 3.8) is 0 Å². The summed E-state index contributed by atoms with van der Waals surface area (Å²) < 4.78 is 7.44. The molecule has 24 heavy (non-hydrogen) atoms. The van der Waals surface area contributed by atoms with E-state index in [-0.39, 0.29) is 0 Å². The lowest BCUT2D eigenvalue weighted by Gasteiger charge is -2.07. The Morgan fingerprint density at radius 3 is 2.38 bits per heavy atom. The SMILES string of the molecule is COc1ccc(-c2nc3ccccn3c2Cc2ccccc2)cc1. The van der Waals surface area contributed by atoms with Crippen LogP contribution in [-0.4, -0.2) is 16.5 Å². The third-order valence-corrected chi connectivity index (χ3v) is 4.21. The zero-order valence-electron chi connectivity index (χ0n) is 13.5. The van der Waals surface area contributed by atoms with Gasteiger partial charge >= 0.3 is 0 Å². The number of fused-ring (bicyclic) bond motifs is 1. The van der Waals surface area contributed by atoms with Crippen molar-refractivity contribution in [3.05, 3.63) is 90.3 Å². The Labute approximate surface area is 141 Å². The van der Waals surface area contributed by atoms with E-state index in [2.05, 4.69) is 47.0 Å². The average molecular weight is 314 g/mol. The van der Waals surface area contributed by atoms with Crippen LogP contribution in [0, 0.1) is 0 Å². The van der Waals surface area contributed by atoms with Crippen molar-refractivity contribution in [3.8, 4) is 17.0 Å². The molecule has 0 fully saturated rings. The maximum Gasteiger partial charge on any atom is 0.137 e. The smallest absolute Gasteiger partial charge is 0.137 e. The molecular weight excluding hydrogens is 296 g/mol. The number of methoxy groups -OCH3 is 1. The van der Waals surface area contributed by atoms with E-state index in [1.54, 1.807) is 7.11 Å². The van der Waals surface area contributed by atoms with E-state index < -0.39 is 0 Å². The van der Waals surface area contributed by atoms with Crippen LogP contribution in [0.25, 0.3) is 16.9 Å². The molecule has 0 aliphatic carbocycles. The molecule has 2 heterocycles. The molecule has 0 N–H and O–H groups in total. The summed E-state index contributed by atoms with van der Waals surface area (Å²) in [7, 11) is 1.68. The topological polar surface area (TPSA) is 26.5 Å². The van der Waals surface area contributed by atoms with Gasteiger partial charge in [-0.05, 0) is 42.0 Å². The molecule has 0 aliphatic heterocycles. The van der Waals surface area contributed by atoms with Crippen LogP contribution in [0.1, 0.15) is 11.3 Å². The van der Waals surface area contributed by atoms with Crippen LogP contribution in [0.15, 0.2) is 79.0 Å². The highest BCUT2D eigenvalue weighted by molar-refractivity contribution is 5.67. The minimum absolute atomic E-state index is 0.841. The summed E-state index contributed by atoms with van der Waals surface area (Å²) in [6.07, 6.45) is 2.92. The molecular formula is C21H18N2O. The molecule has 0 bridgehead atoms. The molecule has 0 amide bonds. The number of pyridine rings is 1. The van der Waals surface area contributed by atoms with Gasteiger partial charge in [0.15, 0.2) is 0 Å². The average Bonchev–Trinajstić information content (AvgIpc) is 3.01. The van der Waals surface area contributed by atoms with E-state index in [4.69, 9.17) is 9.72 Å². The maximum atomic E-state index is 5.26. The number of hydrogen-bond acceptors (Lipinski definition) is 2. The van der Waals surface area contributed by atoms with Gasteiger partial charge in [-0.15, -0.1) is 0 Å². The van der Waals surface area contributed by atoms with Crippen molar-refractivity contribution in [1.29, 1.82) is 0 Å². The van der Waals surface area contributed by atoms with Crippen LogP contribution in [0.2, 0.25) is 0 Å². The quantitative estimate of drug-likeness (QED) is 0.550. The number of hydrogen-bond donors (Lipinski definition) is 0. The molecule has 3 nitrogen and oxygen atoms in total. The molecule has 2 aromatic carbocycles. The van der Waals surface area contributed by atoms with E-state index >= 15 is 0 Å². The van der Waals surface area contributed by atoms with Crippen molar-refractivity contribution in [2.75, 3.05) is 7.11 Å². The fraction of sp³-hybridized carbons (Fsp3) is 0.0952. The van der Waals surface area contributed by atoms with Gasteiger partial charge in [-0.1, -0.05) is 36.4 Å². The molecule has 0 radical (unpaired) electrons. The lowest BCUT2D eigenvalue weighted by molar-refractivity contribution is 0.415. The standard InChI is InChI=1S/C21H18N2O/c1-24-18-12-10-17(11-13-18)21-19(15-16-7-3-2-4-8-16)23-14-6-5-9-20(23)22-21/h2-14H,15H2,1H3. The maximum absolute atomic E-state index is 5.26. The fourth-order valence-corrected chi connectivity index (χ4v) is 2.98. The van der Waals surface area contributed by atoms with Gasteiger partial charge in [0.25, 0.3) is 0 Å². The van der Waals surface area contributed by atoms with Crippen LogP contribution in [-0.2, 0) is 6.42 Å². The Morgan fingerprint density at radius 1 is 0.875 bits per heavy atom. The van der Waals surface area contributed by atoms with Gasteiger partial charge in [0.2, 0.25) is 0 Å². The van der Waals surface area contributed by atoms with Gasteiger partial charge in [-0.2, -0.15) is 0 Å². The molecule has 3 heteroatoms. The Balaban J connectivity index is 1.85. The number of imidazole rings is 1. The first kappa shape index (κ1) is 14.5. The van der Waals surface area contributed by atoms with Crippen LogP contribution in [0.5, 0.6) is 5.75 Å². The highest BCUT2D eigenvalue weighted by Gasteiger charge is 2.14. The number of aromatic nitrogens is 2. The monoisotopic (exact) mass is 314 g/mol. The van der Waals surface area contributed by atoms with Crippen molar-refractivity contribution in [2.24, 2.45) is 0 Å². The molecule has 0 saturated carbocycles. The highest BCUT2D eigenvalue weighted by atomic mass is 16.5. The lowest BCUT2D eigenvalue weighted by atomic mass is 10.0.